The molecule has 1 fully saturated rings. The average molecular weight is 448 g/mol. The molecular weight excluding hydrogens is 425 g/mol. The lowest BCUT2D eigenvalue weighted by molar-refractivity contribution is -0.119. The van der Waals surface area contributed by atoms with E-state index in [1.165, 1.54) is 24.3 Å². The van der Waals surface area contributed by atoms with Crippen molar-refractivity contribution < 1.29 is 37.0 Å². The van der Waals surface area contributed by atoms with Crippen molar-refractivity contribution in [3.63, 3.8) is 0 Å². The molecule has 0 aromatic heterocycles. The van der Waals surface area contributed by atoms with E-state index >= 15 is 0 Å². The van der Waals surface area contributed by atoms with Gasteiger partial charge in [-0.25, -0.2) is 14.9 Å². The van der Waals surface area contributed by atoms with Crippen LogP contribution in [0.1, 0.15) is 40.0 Å². The Morgan fingerprint density at radius 1 is 1.10 bits per heavy atom. The standard InChI is InChI=1S/C19H23F3N2O5S/c1-18(2,3)29-17(27)24-16(26)28-13-8-7-11(9-13)15(25)23-12-5-4-6-14(10-12)30-19(20,21)22/h4-6,10-11,13H,7-9H2,1-3H3,(H,23,25)(H,24,26,27). The van der Waals surface area contributed by atoms with Crippen LogP contribution < -0.4 is 10.6 Å². The number of hydrogen-bond donors (Lipinski definition) is 2. The first-order chi connectivity index (χ1) is 13.8. The van der Waals surface area contributed by atoms with E-state index in [-0.39, 0.29) is 34.7 Å². The van der Waals surface area contributed by atoms with Crippen LogP contribution in [0.2, 0.25) is 0 Å². The maximum Gasteiger partial charge on any atom is 0.446 e. The number of alkyl carbamates (subject to hydrolysis) is 2. The van der Waals surface area contributed by atoms with Gasteiger partial charge in [0, 0.05) is 16.5 Å². The smallest absolute Gasteiger partial charge is 0.446 e. The summed E-state index contributed by atoms with van der Waals surface area (Å²) in [5, 5.41) is 4.55. The molecule has 2 N–H and O–H groups in total. The van der Waals surface area contributed by atoms with Crippen LogP contribution in [0.15, 0.2) is 29.2 Å². The lowest BCUT2D eigenvalue weighted by Crippen LogP contribution is -2.38. The van der Waals surface area contributed by atoms with Crippen LogP contribution in [-0.4, -0.2) is 35.3 Å². The minimum absolute atomic E-state index is 0.0354. The number of hydrogen-bond acceptors (Lipinski definition) is 6. The topological polar surface area (TPSA) is 93.7 Å². The number of alkyl halides is 3. The third-order valence-electron chi connectivity index (χ3n) is 3.97. The molecule has 0 aliphatic heterocycles. The summed E-state index contributed by atoms with van der Waals surface area (Å²) >= 11 is -0.264. The predicted octanol–water partition coefficient (Wildman–Crippen LogP) is 5.07. The highest BCUT2D eigenvalue weighted by Crippen LogP contribution is 2.37. The van der Waals surface area contributed by atoms with E-state index in [0.717, 1.165) is 0 Å². The molecule has 30 heavy (non-hydrogen) atoms. The van der Waals surface area contributed by atoms with Gasteiger partial charge in [0.1, 0.15) is 11.7 Å². The maximum absolute atomic E-state index is 12.5. The zero-order valence-corrected chi connectivity index (χ0v) is 17.5. The van der Waals surface area contributed by atoms with Crippen LogP contribution in [0.25, 0.3) is 0 Å². The van der Waals surface area contributed by atoms with Crippen molar-refractivity contribution in [2.75, 3.05) is 5.32 Å². The number of nitrogens with one attached hydrogen (secondary N) is 2. The van der Waals surface area contributed by atoms with Crippen molar-refractivity contribution in [3.05, 3.63) is 24.3 Å². The van der Waals surface area contributed by atoms with Crippen LogP contribution in [0.5, 0.6) is 0 Å². The fraction of sp³-hybridized carbons (Fsp3) is 0.526. The molecule has 2 atom stereocenters. The third-order valence-corrected chi connectivity index (χ3v) is 4.69. The Morgan fingerprint density at radius 3 is 2.43 bits per heavy atom. The summed E-state index contributed by atoms with van der Waals surface area (Å²) in [6, 6.07) is 5.46. The molecule has 2 unspecified atom stereocenters. The molecule has 1 aliphatic rings. The normalized spacial score (nSPS) is 19.1. The van der Waals surface area contributed by atoms with Gasteiger partial charge in [-0.15, -0.1) is 0 Å². The van der Waals surface area contributed by atoms with Gasteiger partial charge in [0.25, 0.3) is 0 Å². The van der Waals surface area contributed by atoms with Gasteiger partial charge in [-0.1, -0.05) is 6.07 Å². The minimum Gasteiger partial charge on any atom is -0.446 e. The minimum atomic E-state index is -4.42. The average Bonchev–Trinajstić information content (AvgIpc) is 2.99. The highest BCUT2D eigenvalue weighted by molar-refractivity contribution is 8.00. The summed E-state index contributed by atoms with van der Waals surface area (Å²) in [4.78, 5) is 35.7. The van der Waals surface area contributed by atoms with E-state index in [4.69, 9.17) is 9.47 Å². The van der Waals surface area contributed by atoms with E-state index in [0.29, 0.717) is 12.8 Å². The number of thioether (sulfide) groups is 1. The summed E-state index contributed by atoms with van der Waals surface area (Å²) in [7, 11) is 0. The summed E-state index contributed by atoms with van der Waals surface area (Å²) in [6.07, 6.45) is -1.36. The highest BCUT2D eigenvalue weighted by Gasteiger charge is 2.33. The summed E-state index contributed by atoms with van der Waals surface area (Å²) in [6.45, 7) is 4.95. The fourth-order valence-electron chi connectivity index (χ4n) is 2.87. The van der Waals surface area contributed by atoms with E-state index in [2.05, 4.69) is 5.32 Å². The van der Waals surface area contributed by atoms with Crippen molar-refractivity contribution in [1.29, 1.82) is 0 Å². The fourth-order valence-corrected chi connectivity index (χ4v) is 3.47. The van der Waals surface area contributed by atoms with Crippen LogP contribution in [0.3, 0.4) is 0 Å². The maximum atomic E-state index is 12.5. The molecule has 2 rings (SSSR count). The van der Waals surface area contributed by atoms with Crippen LogP contribution in [-0.2, 0) is 14.3 Å². The number of amides is 3. The van der Waals surface area contributed by atoms with Crippen molar-refractivity contribution in [2.45, 2.75) is 62.1 Å². The van der Waals surface area contributed by atoms with Gasteiger partial charge < -0.3 is 14.8 Å². The molecule has 0 spiro atoms. The Balaban J connectivity index is 1.82. The van der Waals surface area contributed by atoms with Gasteiger partial charge in [-0.05, 0) is 70.0 Å². The monoisotopic (exact) mass is 448 g/mol. The second-order valence-corrected chi connectivity index (χ2v) is 8.87. The second kappa shape index (κ2) is 9.59. The molecule has 1 aliphatic carbocycles. The van der Waals surface area contributed by atoms with Gasteiger partial charge in [0.2, 0.25) is 5.91 Å². The van der Waals surface area contributed by atoms with Crippen LogP contribution >= 0.6 is 11.8 Å². The number of carbonyl (C=O) groups is 3. The molecule has 166 valence electrons. The largest absolute Gasteiger partial charge is 0.446 e. The molecule has 0 bridgehead atoms. The summed E-state index contributed by atoms with van der Waals surface area (Å²) in [5.41, 5.74) is -4.93. The molecule has 1 saturated carbocycles. The molecule has 3 amide bonds. The highest BCUT2D eigenvalue weighted by atomic mass is 32.2. The number of anilines is 1. The Bertz CT molecular complexity index is 795. The third kappa shape index (κ3) is 8.52. The van der Waals surface area contributed by atoms with E-state index < -0.39 is 35.3 Å². The predicted molar refractivity (Wildman–Crippen MR) is 104 cm³/mol. The van der Waals surface area contributed by atoms with Crippen molar-refractivity contribution in [2.24, 2.45) is 5.92 Å². The molecule has 1 aromatic rings. The Kier molecular flexibility index (Phi) is 7.62. The van der Waals surface area contributed by atoms with E-state index in [1.54, 1.807) is 20.8 Å². The molecule has 7 nitrogen and oxygen atoms in total. The van der Waals surface area contributed by atoms with Crippen LogP contribution in [0.4, 0.5) is 28.4 Å². The molecule has 11 heteroatoms. The van der Waals surface area contributed by atoms with Gasteiger partial charge in [-0.2, -0.15) is 13.2 Å². The van der Waals surface area contributed by atoms with Gasteiger partial charge in [0.15, 0.2) is 0 Å². The molecule has 0 heterocycles. The lowest BCUT2D eigenvalue weighted by Gasteiger charge is -2.19. The van der Waals surface area contributed by atoms with Gasteiger partial charge in [0.05, 0.1) is 0 Å². The number of carbonyl (C=O) groups excluding carboxylic acids is 3. The SMILES string of the molecule is CC(C)(C)OC(=O)NC(=O)OC1CCC(C(=O)Nc2cccc(SC(F)(F)F)c2)C1. The Hall–Kier alpha value is -2.43. The van der Waals surface area contributed by atoms with Crippen molar-refractivity contribution in [1.82, 2.24) is 5.32 Å². The second-order valence-electron chi connectivity index (χ2n) is 7.73. The summed E-state index contributed by atoms with van der Waals surface area (Å²) in [5.74, 6) is -0.842. The van der Waals surface area contributed by atoms with Gasteiger partial charge >= 0.3 is 17.7 Å². The zero-order chi connectivity index (χ0) is 22.5. The molecule has 1 aromatic carbocycles. The van der Waals surface area contributed by atoms with Crippen molar-refractivity contribution >= 4 is 35.5 Å². The molecular formula is C19H23F3N2O5S. The number of imide groups is 1. The summed E-state index contributed by atoms with van der Waals surface area (Å²) < 4.78 is 47.6. The first-order valence-corrected chi connectivity index (χ1v) is 10.00. The molecule has 0 radical (unpaired) electrons. The van der Waals surface area contributed by atoms with Crippen molar-refractivity contribution in [3.8, 4) is 0 Å². The first kappa shape index (κ1) is 23.8. The Morgan fingerprint density at radius 2 is 1.80 bits per heavy atom. The zero-order valence-electron chi connectivity index (χ0n) is 16.7. The van der Waals surface area contributed by atoms with Gasteiger partial charge in [-0.3, -0.25) is 4.79 Å². The Labute approximate surface area is 176 Å². The number of rotatable bonds is 4. The van der Waals surface area contributed by atoms with Crippen LogP contribution in [0, 0.1) is 5.92 Å². The number of benzene rings is 1. The first-order valence-electron chi connectivity index (χ1n) is 9.18. The molecule has 0 saturated heterocycles. The quantitative estimate of drug-likeness (QED) is 0.625. The lowest BCUT2D eigenvalue weighted by atomic mass is 10.1. The number of halogens is 3. The van der Waals surface area contributed by atoms with E-state index in [1.807, 2.05) is 5.32 Å². The number of ether oxygens (including phenoxy) is 2. The van der Waals surface area contributed by atoms with E-state index in [9.17, 15) is 27.6 Å².